The van der Waals surface area contributed by atoms with E-state index in [1.807, 2.05) is 36.4 Å². The first-order chi connectivity index (χ1) is 11.5. The molecule has 5 nitrogen and oxygen atoms in total. The van der Waals surface area contributed by atoms with Crippen LogP contribution < -0.4 is 5.73 Å². The van der Waals surface area contributed by atoms with Crippen LogP contribution in [0.3, 0.4) is 0 Å². The summed E-state index contributed by atoms with van der Waals surface area (Å²) in [4.78, 5) is 11.4. The number of hydrogen-bond donors (Lipinski definition) is 1. The Kier molecular flexibility index (Phi) is 6.07. The summed E-state index contributed by atoms with van der Waals surface area (Å²) in [6, 6.07) is 11.9. The molecule has 5 heteroatoms. The van der Waals surface area contributed by atoms with Gasteiger partial charge in [-0.25, -0.2) is 4.79 Å². The van der Waals surface area contributed by atoms with Crippen LogP contribution in [0.15, 0.2) is 48.6 Å². The summed E-state index contributed by atoms with van der Waals surface area (Å²) >= 11 is 0. The van der Waals surface area contributed by atoms with Gasteiger partial charge in [0.05, 0.1) is 12.8 Å². The van der Waals surface area contributed by atoms with Crippen molar-refractivity contribution >= 4 is 11.8 Å². The Labute approximate surface area is 142 Å². The number of nitrogen functional groups attached to an aromatic ring is 1. The number of aromatic nitrogens is 2. The highest BCUT2D eigenvalue weighted by Gasteiger charge is 2.13. The number of hydrogen-bond acceptors (Lipinski definition) is 5. The number of nitrogens with zero attached hydrogens (tertiary/aromatic N) is 2. The molecule has 0 aliphatic heterocycles. The maximum absolute atomic E-state index is 11.4. The Hall–Kier alpha value is -2.69. The van der Waals surface area contributed by atoms with Crippen LogP contribution in [0.2, 0.25) is 0 Å². The lowest BCUT2D eigenvalue weighted by atomic mass is 9.95. The third-order valence-corrected chi connectivity index (χ3v) is 3.95. The van der Waals surface area contributed by atoms with E-state index < -0.39 is 0 Å². The van der Waals surface area contributed by atoms with Crippen LogP contribution in [0.25, 0.3) is 11.3 Å². The van der Waals surface area contributed by atoms with Crippen molar-refractivity contribution < 1.29 is 9.53 Å². The molecule has 0 aliphatic carbocycles. The van der Waals surface area contributed by atoms with Gasteiger partial charge in [0.1, 0.15) is 5.82 Å². The average molecular weight is 325 g/mol. The van der Waals surface area contributed by atoms with Gasteiger partial charge >= 0.3 is 5.97 Å². The SMILES string of the molecule is C=C(CC(C)CCc1cc(-c2ccccc2)nnc1N)C(=O)OC. The van der Waals surface area contributed by atoms with Crippen LogP contribution in [0.5, 0.6) is 0 Å². The lowest BCUT2D eigenvalue weighted by molar-refractivity contribution is -0.136. The van der Waals surface area contributed by atoms with Crippen LogP contribution in [0, 0.1) is 5.92 Å². The topological polar surface area (TPSA) is 78.1 Å². The van der Waals surface area contributed by atoms with E-state index in [1.54, 1.807) is 0 Å². The van der Waals surface area contributed by atoms with Crippen LogP contribution in [-0.4, -0.2) is 23.3 Å². The van der Waals surface area contributed by atoms with Gasteiger partial charge in [0.15, 0.2) is 0 Å². The van der Waals surface area contributed by atoms with Crippen molar-refractivity contribution in [2.75, 3.05) is 12.8 Å². The number of rotatable bonds is 7. The molecule has 126 valence electrons. The minimum atomic E-state index is -0.349. The molecule has 0 spiro atoms. The standard InChI is InChI=1S/C19H23N3O2/c1-13(11-14(2)19(23)24-3)9-10-16-12-17(21-22-18(16)20)15-7-5-4-6-8-15/h4-8,12-13H,2,9-11H2,1,3H3,(H2,20,22). The zero-order chi connectivity index (χ0) is 17.5. The minimum absolute atomic E-state index is 0.296. The third-order valence-electron chi connectivity index (χ3n) is 3.95. The number of benzene rings is 1. The maximum Gasteiger partial charge on any atom is 0.333 e. The molecule has 1 aromatic heterocycles. The number of carbonyl (C=O) groups is 1. The average Bonchev–Trinajstić information content (AvgIpc) is 2.61. The van der Waals surface area contributed by atoms with E-state index in [9.17, 15) is 4.79 Å². The molecule has 2 N–H and O–H groups in total. The number of ether oxygens (including phenoxy) is 1. The largest absolute Gasteiger partial charge is 0.466 e. The Morgan fingerprint density at radius 2 is 2.00 bits per heavy atom. The van der Waals surface area contributed by atoms with Crippen molar-refractivity contribution in [2.24, 2.45) is 5.92 Å². The molecular formula is C19H23N3O2. The number of carbonyl (C=O) groups excluding carboxylic acids is 1. The van der Waals surface area contributed by atoms with Gasteiger partial charge in [-0.1, -0.05) is 43.8 Å². The zero-order valence-electron chi connectivity index (χ0n) is 14.2. The first-order valence-electron chi connectivity index (χ1n) is 7.94. The molecule has 0 amide bonds. The summed E-state index contributed by atoms with van der Waals surface area (Å²) in [7, 11) is 1.37. The third kappa shape index (κ3) is 4.65. The summed E-state index contributed by atoms with van der Waals surface area (Å²) in [6.45, 7) is 5.85. The molecule has 0 saturated carbocycles. The second-order valence-electron chi connectivity index (χ2n) is 5.95. The van der Waals surface area contributed by atoms with Gasteiger partial charge in [0.25, 0.3) is 0 Å². The van der Waals surface area contributed by atoms with Crippen molar-refractivity contribution in [1.29, 1.82) is 0 Å². The number of nitrogens with two attached hydrogens (primary N) is 1. The first kappa shape index (κ1) is 17.7. The molecule has 1 heterocycles. The monoisotopic (exact) mass is 325 g/mol. The van der Waals surface area contributed by atoms with Gasteiger partial charge in [-0.05, 0) is 36.8 Å². The molecule has 24 heavy (non-hydrogen) atoms. The minimum Gasteiger partial charge on any atom is -0.466 e. The molecule has 0 saturated heterocycles. The van der Waals surface area contributed by atoms with Gasteiger partial charge in [-0.15, -0.1) is 10.2 Å². The van der Waals surface area contributed by atoms with Crippen LogP contribution in [0.4, 0.5) is 5.82 Å². The summed E-state index contributed by atoms with van der Waals surface area (Å²) in [5.41, 5.74) is 9.25. The molecule has 2 aromatic rings. The lowest BCUT2D eigenvalue weighted by Gasteiger charge is -2.13. The molecule has 1 aromatic carbocycles. The Balaban J connectivity index is 2.02. The first-order valence-corrected chi connectivity index (χ1v) is 7.94. The second-order valence-corrected chi connectivity index (χ2v) is 5.95. The number of anilines is 1. The fourth-order valence-corrected chi connectivity index (χ4v) is 2.54. The highest BCUT2D eigenvalue weighted by Crippen LogP contribution is 2.23. The Bertz CT molecular complexity index is 714. The maximum atomic E-state index is 11.4. The van der Waals surface area contributed by atoms with Crippen molar-refractivity contribution in [1.82, 2.24) is 10.2 Å². The van der Waals surface area contributed by atoms with Gasteiger partial charge in [0.2, 0.25) is 0 Å². The number of aryl methyl sites for hydroxylation is 1. The predicted molar refractivity (Wildman–Crippen MR) is 95.1 cm³/mol. The van der Waals surface area contributed by atoms with Crippen LogP contribution >= 0.6 is 0 Å². The summed E-state index contributed by atoms with van der Waals surface area (Å²) < 4.78 is 4.68. The summed E-state index contributed by atoms with van der Waals surface area (Å²) in [5, 5.41) is 8.24. The van der Waals surface area contributed by atoms with E-state index >= 15 is 0 Å². The van der Waals surface area contributed by atoms with Gasteiger partial charge < -0.3 is 10.5 Å². The molecule has 0 radical (unpaired) electrons. The highest BCUT2D eigenvalue weighted by molar-refractivity contribution is 5.87. The molecule has 0 fully saturated rings. The van der Waals surface area contributed by atoms with E-state index in [0.29, 0.717) is 23.7 Å². The van der Waals surface area contributed by atoms with E-state index in [0.717, 1.165) is 29.7 Å². The quantitative estimate of drug-likeness (QED) is 0.623. The van der Waals surface area contributed by atoms with E-state index in [2.05, 4.69) is 28.4 Å². The fourth-order valence-electron chi connectivity index (χ4n) is 2.54. The summed E-state index contributed by atoms with van der Waals surface area (Å²) in [6.07, 6.45) is 2.26. The second kappa shape index (κ2) is 8.24. The smallest absolute Gasteiger partial charge is 0.333 e. The van der Waals surface area contributed by atoms with Gasteiger partial charge in [-0.2, -0.15) is 0 Å². The predicted octanol–water partition coefficient (Wildman–Crippen LogP) is 3.41. The fraction of sp³-hybridized carbons (Fsp3) is 0.316. The van der Waals surface area contributed by atoms with Crippen molar-refractivity contribution in [3.63, 3.8) is 0 Å². The molecule has 2 rings (SSSR count). The number of methoxy groups -OCH3 is 1. The van der Waals surface area contributed by atoms with Crippen LogP contribution in [-0.2, 0) is 16.0 Å². The summed E-state index contributed by atoms with van der Waals surface area (Å²) in [5.74, 6) is 0.399. The van der Waals surface area contributed by atoms with Crippen molar-refractivity contribution in [2.45, 2.75) is 26.2 Å². The molecular weight excluding hydrogens is 302 g/mol. The molecule has 1 atom stereocenters. The van der Waals surface area contributed by atoms with Crippen molar-refractivity contribution in [3.8, 4) is 11.3 Å². The zero-order valence-corrected chi connectivity index (χ0v) is 14.2. The normalized spacial score (nSPS) is 11.8. The van der Waals surface area contributed by atoms with Crippen LogP contribution in [0.1, 0.15) is 25.3 Å². The Morgan fingerprint density at radius 3 is 2.67 bits per heavy atom. The molecule has 0 bridgehead atoms. The lowest BCUT2D eigenvalue weighted by Crippen LogP contribution is -2.09. The van der Waals surface area contributed by atoms with Gasteiger partial charge in [0, 0.05) is 11.1 Å². The van der Waals surface area contributed by atoms with E-state index in [1.165, 1.54) is 7.11 Å². The number of esters is 1. The molecule has 0 aliphatic rings. The molecule has 1 unspecified atom stereocenters. The van der Waals surface area contributed by atoms with Crippen molar-refractivity contribution in [3.05, 3.63) is 54.1 Å². The highest BCUT2D eigenvalue weighted by atomic mass is 16.5. The van der Waals surface area contributed by atoms with E-state index in [-0.39, 0.29) is 5.97 Å². The van der Waals surface area contributed by atoms with Gasteiger partial charge in [-0.3, -0.25) is 0 Å². The Morgan fingerprint density at radius 1 is 1.29 bits per heavy atom. The van der Waals surface area contributed by atoms with E-state index in [4.69, 9.17) is 5.73 Å².